The molecule has 2 saturated heterocycles. The molecule has 10 atom stereocenters. The number of methoxy groups -OCH3 is 1. The van der Waals surface area contributed by atoms with Gasteiger partial charge in [-0.15, -0.1) is 0 Å². The van der Waals surface area contributed by atoms with Crippen LogP contribution in [0.2, 0.25) is 0 Å². The molecule has 0 aliphatic carbocycles. The highest BCUT2D eigenvalue weighted by Crippen LogP contribution is 2.35. The smallest absolute Gasteiger partial charge is 0.338 e. The molecule has 2 aliphatic rings. The minimum absolute atomic E-state index is 0.0360. The van der Waals surface area contributed by atoms with Crippen molar-refractivity contribution < 1.29 is 66.9 Å². The van der Waals surface area contributed by atoms with Crippen molar-refractivity contribution in [3.63, 3.8) is 0 Å². The molecular weight excluding hydrogens is 662 g/mol. The van der Waals surface area contributed by atoms with E-state index in [9.17, 15) is 29.8 Å². The molecule has 50 heavy (non-hydrogen) atoms. The summed E-state index contributed by atoms with van der Waals surface area (Å²) in [6.07, 6.45) is -13.5. The van der Waals surface area contributed by atoms with E-state index >= 15 is 0 Å². The Kier molecular flexibility index (Phi) is 14.1. The van der Waals surface area contributed by atoms with Gasteiger partial charge in [0.25, 0.3) is 0 Å². The van der Waals surface area contributed by atoms with Crippen LogP contribution in [0.5, 0.6) is 0 Å². The number of rotatable bonds is 14. The van der Waals surface area contributed by atoms with Crippen LogP contribution < -0.4 is 0 Å². The van der Waals surface area contributed by atoms with E-state index in [1.165, 1.54) is 6.92 Å². The van der Waals surface area contributed by atoms with Crippen LogP contribution in [0.1, 0.15) is 31.9 Å². The van der Waals surface area contributed by atoms with Crippen LogP contribution in [-0.2, 0) is 75.0 Å². The highest BCUT2D eigenvalue weighted by molar-refractivity contribution is 5.76. The summed E-state index contributed by atoms with van der Waals surface area (Å²) in [5.41, 5.74) is 11.0. The molecule has 17 nitrogen and oxygen atoms in total. The molecule has 2 aliphatic heterocycles. The second-order valence-electron chi connectivity index (χ2n) is 11.3. The second kappa shape index (κ2) is 18.4. The number of aliphatic hydroxyl groups excluding tert-OH is 1. The number of carbonyl (C=O) groups excluding carboxylic acids is 4. The molecule has 270 valence electrons. The van der Waals surface area contributed by atoms with Crippen molar-refractivity contribution >= 4 is 23.9 Å². The third-order valence-electron chi connectivity index (χ3n) is 7.65. The van der Waals surface area contributed by atoms with Crippen molar-refractivity contribution in [2.45, 2.75) is 95.3 Å². The second-order valence-corrected chi connectivity index (χ2v) is 11.3. The van der Waals surface area contributed by atoms with E-state index in [1.54, 1.807) is 54.6 Å². The number of hydrogen-bond acceptors (Lipinski definition) is 15. The topological polar surface area (TPSA) is 220 Å². The van der Waals surface area contributed by atoms with Gasteiger partial charge >= 0.3 is 23.9 Å². The molecule has 0 unspecified atom stereocenters. The van der Waals surface area contributed by atoms with Crippen molar-refractivity contribution in [3.05, 3.63) is 82.2 Å². The maximum Gasteiger partial charge on any atom is 0.338 e. The first kappa shape index (κ1) is 38.2. The number of ether oxygens (including phenoxy) is 9. The first-order valence-corrected chi connectivity index (χ1v) is 15.6. The summed E-state index contributed by atoms with van der Waals surface area (Å²) in [7, 11) is 1.08. The summed E-state index contributed by atoms with van der Waals surface area (Å²) in [6, 6.07) is 16.4. The quantitative estimate of drug-likeness (QED) is 0.0982. The Morgan fingerprint density at radius 1 is 0.780 bits per heavy atom. The van der Waals surface area contributed by atoms with Gasteiger partial charge in [-0.2, -0.15) is 0 Å². The number of carbonyl (C=O) groups is 4. The summed E-state index contributed by atoms with van der Waals surface area (Å²) in [5.74, 6) is -3.29. The van der Waals surface area contributed by atoms with Gasteiger partial charge in [-0.25, -0.2) is 4.79 Å². The molecule has 1 N–H and O–H groups in total. The molecule has 0 aromatic heterocycles. The normalized spacial score (nSPS) is 29.1. The average Bonchev–Trinajstić information content (AvgIpc) is 3.09. The van der Waals surface area contributed by atoms with Crippen LogP contribution in [0.4, 0.5) is 0 Å². The van der Waals surface area contributed by atoms with E-state index in [-0.39, 0.29) is 13.2 Å². The summed E-state index contributed by atoms with van der Waals surface area (Å²) in [4.78, 5) is 52.3. The zero-order valence-corrected chi connectivity index (χ0v) is 27.8. The summed E-state index contributed by atoms with van der Waals surface area (Å²) >= 11 is 0. The molecule has 2 aromatic carbocycles. The monoisotopic (exact) mass is 701 g/mol. The van der Waals surface area contributed by atoms with Crippen LogP contribution >= 0.6 is 0 Å². The maximum absolute atomic E-state index is 13.2. The number of aliphatic hydroxyl groups is 1. The molecule has 2 fully saturated rings. The first-order chi connectivity index (χ1) is 24.0. The van der Waals surface area contributed by atoms with Crippen LogP contribution in [0, 0.1) is 0 Å². The standard InChI is InChI=1S/C33H39N3O14/c1-18(37)43-17-23-25(40)26(44-15-21-11-7-5-8-12-21)24(35-36-34)32(48-23)49-28-27(45-16-22-13-9-6-10-14-22)30(46-19(2)38)33(47-20(3)39)50-29(28)31(41)42-4/h5-14,23-30,32-33,40H,15-17H2,1-4H3/t23-,24-,25-,26-,27+,28+,29-,30-,32-,33+/m1/s1. The van der Waals surface area contributed by atoms with Crippen LogP contribution in [0.25, 0.3) is 10.4 Å². The lowest BCUT2D eigenvalue weighted by atomic mass is 9.95. The fourth-order valence-electron chi connectivity index (χ4n) is 5.45. The molecule has 17 heteroatoms. The van der Waals surface area contributed by atoms with Crippen molar-refractivity contribution in [1.29, 1.82) is 0 Å². The predicted molar refractivity (Wildman–Crippen MR) is 167 cm³/mol. The van der Waals surface area contributed by atoms with Gasteiger partial charge in [0.05, 0.1) is 26.4 Å². The zero-order chi connectivity index (χ0) is 36.2. The van der Waals surface area contributed by atoms with Gasteiger partial charge in [-0.1, -0.05) is 65.8 Å². The molecule has 0 radical (unpaired) electrons. The minimum Gasteiger partial charge on any atom is -0.467 e. The summed E-state index contributed by atoms with van der Waals surface area (Å²) in [5, 5.41) is 15.2. The van der Waals surface area contributed by atoms with Gasteiger partial charge in [0.1, 0.15) is 37.1 Å². The molecule has 0 amide bonds. The van der Waals surface area contributed by atoms with E-state index in [0.717, 1.165) is 26.5 Å². The molecule has 2 aromatic rings. The van der Waals surface area contributed by atoms with E-state index < -0.39 is 91.8 Å². The Morgan fingerprint density at radius 2 is 1.36 bits per heavy atom. The third kappa shape index (κ3) is 10.2. The summed E-state index contributed by atoms with van der Waals surface area (Å²) in [6.45, 7) is 2.77. The predicted octanol–water partition coefficient (Wildman–Crippen LogP) is 2.26. The number of benzene rings is 2. The highest BCUT2D eigenvalue weighted by atomic mass is 16.8. The van der Waals surface area contributed by atoms with Gasteiger partial charge in [0, 0.05) is 25.7 Å². The first-order valence-electron chi connectivity index (χ1n) is 15.6. The number of esters is 4. The molecule has 4 rings (SSSR count). The minimum atomic E-state index is -1.70. The van der Waals surface area contributed by atoms with Crippen LogP contribution in [0.15, 0.2) is 65.8 Å². The van der Waals surface area contributed by atoms with Crippen molar-refractivity contribution in [2.24, 2.45) is 5.11 Å². The van der Waals surface area contributed by atoms with E-state index in [1.807, 2.05) is 6.07 Å². The molecule has 2 heterocycles. The zero-order valence-electron chi connectivity index (χ0n) is 27.8. The Bertz CT molecular complexity index is 1490. The fraction of sp³-hybridized carbons (Fsp3) is 0.515. The van der Waals surface area contributed by atoms with E-state index in [0.29, 0.717) is 5.56 Å². The van der Waals surface area contributed by atoms with Crippen molar-refractivity contribution in [1.82, 2.24) is 0 Å². The Labute approximate surface area is 287 Å². The Balaban J connectivity index is 1.76. The lowest BCUT2D eigenvalue weighted by Gasteiger charge is -2.47. The van der Waals surface area contributed by atoms with E-state index in [4.69, 9.17) is 42.6 Å². The third-order valence-corrected chi connectivity index (χ3v) is 7.65. The molecule has 0 spiro atoms. The number of azide groups is 1. The molecule has 0 bridgehead atoms. The lowest BCUT2D eigenvalue weighted by Crippen LogP contribution is -2.66. The van der Waals surface area contributed by atoms with Crippen molar-refractivity contribution in [3.8, 4) is 0 Å². The maximum atomic E-state index is 13.2. The fourth-order valence-corrected chi connectivity index (χ4v) is 5.45. The molecule has 0 saturated carbocycles. The van der Waals surface area contributed by atoms with Crippen LogP contribution in [-0.4, -0.2) is 104 Å². The van der Waals surface area contributed by atoms with Gasteiger partial charge in [0.2, 0.25) is 6.29 Å². The van der Waals surface area contributed by atoms with Crippen LogP contribution in [0.3, 0.4) is 0 Å². The number of nitrogens with zero attached hydrogens (tertiary/aromatic N) is 3. The lowest BCUT2D eigenvalue weighted by molar-refractivity contribution is -0.343. The Morgan fingerprint density at radius 3 is 1.88 bits per heavy atom. The SMILES string of the molecule is COC(=O)[C@@H]1O[C@H](OC(C)=O)[C@H](OC(C)=O)[C@@H](OCc2ccccc2)[C@@H]1O[C@H]1O[C@H](COC(C)=O)[C@@H](O)[C@H](OCc2ccccc2)[C@H]1N=[N+]=[N-]. The van der Waals surface area contributed by atoms with Crippen molar-refractivity contribution in [2.75, 3.05) is 13.7 Å². The van der Waals surface area contributed by atoms with Gasteiger partial charge in [-0.05, 0) is 16.7 Å². The van der Waals surface area contributed by atoms with Gasteiger partial charge < -0.3 is 47.7 Å². The van der Waals surface area contributed by atoms with Gasteiger partial charge in [0.15, 0.2) is 18.5 Å². The number of hydrogen-bond donors (Lipinski definition) is 1. The highest BCUT2D eigenvalue weighted by Gasteiger charge is 2.57. The molecular formula is C33H39N3O14. The van der Waals surface area contributed by atoms with E-state index in [2.05, 4.69) is 10.0 Å². The largest absolute Gasteiger partial charge is 0.467 e. The van der Waals surface area contributed by atoms with Gasteiger partial charge in [-0.3, -0.25) is 14.4 Å². The average molecular weight is 702 g/mol. The Hall–Kier alpha value is -4.61. The summed E-state index contributed by atoms with van der Waals surface area (Å²) < 4.78 is 51.5.